The van der Waals surface area contributed by atoms with Gasteiger partial charge in [-0.3, -0.25) is 9.59 Å². The molecule has 2 atom stereocenters. The summed E-state index contributed by atoms with van der Waals surface area (Å²) in [4.78, 5) is 42.4. The molecule has 0 bridgehead atoms. The summed E-state index contributed by atoms with van der Waals surface area (Å²) in [6, 6.07) is 25.1. The molecule has 0 aromatic heterocycles. The predicted molar refractivity (Wildman–Crippen MR) is 157 cm³/mol. The Bertz CT molecular complexity index is 1280. The number of hydrogen-bond donors (Lipinski definition) is 2. The van der Waals surface area contributed by atoms with Gasteiger partial charge in [0.05, 0.1) is 7.11 Å². The lowest BCUT2D eigenvalue weighted by atomic mass is 9.84. The highest BCUT2D eigenvalue weighted by Gasteiger charge is 2.42. The fourth-order valence-corrected chi connectivity index (χ4v) is 5.19. The Morgan fingerprint density at radius 3 is 2.15 bits per heavy atom. The lowest BCUT2D eigenvalue weighted by molar-refractivity contribution is -0.140. The maximum atomic E-state index is 14.4. The van der Waals surface area contributed by atoms with E-state index >= 15 is 0 Å². The van der Waals surface area contributed by atoms with Crippen molar-refractivity contribution in [1.82, 2.24) is 15.5 Å². The molecule has 0 radical (unpaired) electrons. The van der Waals surface area contributed by atoms with Gasteiger partial charge in [-0.25, -0.2) is 4.79 Å². The SMILES string of the molecule is COc1cccc(CNC(=O)[C@@H]2CCCN2C(=O)[C@H](NC(=O)OC(C)(C)C)C(c2ccccc2)c2ccccc2)c1. The van der Waals surface area contributed by atoms with E-state index in [2.05, 4.69) is 10.6 Å². The molecule has 216 valence electrons. The van der Waals surface area contributed by atoms with Gasteiger partial charge in [0.25, 0.3) is 0 Å². The van der Waals surface area contributed by atoms with Crippen LogP contribution in [-0.4, -0.2) is 54.1 Å². The molecule has 1 heterocycles. The van der Waals surface area contributed by atoms with E-state index in [9.17, 15) is 14.4 Å². The minimum atomic E-state index is -0.999. The number of nitrogens with zero attached hydrogens (tertiary/aromatic N) is 1. The van der Waals surface area contributed by atoms with Gasteiger partial charge in [-0.2, -0.15) is 0 Å². The summed E-state index contributed by atoms with van der Waals surface area (Å²) in [5.41, 5.74) is 1.88. The van der Waals surface area contributed by atoms with Crippen LogP contribution < -0.4 is 15.4 Å². The maximum absolute atomic E-state index is 14.4. The lowest BCUT2D eigenvalue weighted by Crippen LogP contribution is -2.56. The summed E-state index contributed by atoms with van der Waals surface area (Å²) in [5, 5.41) is 5.86. The van der Waals surface area contributed by atoms with E-state index in [-0.39, 0.29) is 11.8 Å². The standard InChI is InChI=1S/C33H39N3O5/c1-33(2,3)41-32(39)35-29(28(24-14-7-5-8-15-24)25-16-9-6-10-17-25)31(38)36-20-12-19-27(36)30(37)34-22-23-13-11-18-26(21-23)40-4/h5-11,13-18,21,27-29H,12,19-20,22H2,1-4H3,(H,34,37)(H,35,39)/t27-,29+/m0/s1. The van der Waals surface area contributed by atoms with Gasteiger partial charge in [0.2, 0.25) is 11.8 Å². The van der Waals surface area contributed by atoms with Crippen molar-refractivity contribution in [3.8, 4) is 5.75 Å². The van der Waals surface area contributed by atoms with Crippen molar-refractivity contribution in [3.05, 3.63) is 102 Å². The number of alkyl carbamates (subject to hydrolysis) is 1. The molecule has 2 N–H and O–H groups in total. The van der Waals surface area contributed by atoms with Gasteiger partial charge < -0.3 is 25.0 Å². The molecule has 41 heavy (non-hydrogen) atoms. The van der Waals surface area contributed by atoms with Gasteiger partial charge >= 0.3 is 6.09 Å². The molecule has 4 rings (SSSR count). The quantitative estimate of drug-likeness (QED) is 0.385. The Morgan fingerprint density at radius 2 is 1.56 bits per heavy atom. The number of methoxy groups -OCH3 is 1. The van der Waals surface area contributed by atoms with Crippen LogP contribution in [0.1, 0.15) is 56.2 Å². The number of ether oxygens (including phenoxy) is 2. The van der Waals surface area contributed by atoms with E-state index in [1.54, 1.807) is 32.8 Å². The molecule has 0 spiro atoms. The number of likely N-dealkylation sites (tertiary alicyclic amines) is 1. The number of amides is 3. The van der Waals surface area contributed by atoms with Crippen LogP contribution in [0, 0.1) is 0 Å². The number of carbonyl (C=O) groups is 3. The molecule has 0 aliphatic carbocycles. The third-order valence-corrected chi connectivity index (χ3v) is 7.03. The van der Waals surface area contributed by atoms with Crippen molar-refractivity contribution in [1.29, 1.82) is 0 Å². The Kier molecular flexibility index (Phi) is 9.65. The van der Waals surface area contributed by atoms with Crippen LogP contribution in [0.15, 0.2) is 84.9 Å². The molecule has 1 saturated heterocycles. The van der Waals surface area contributed by atoms with E-state index in [4.69, 9.17) is 9.47 Å². The summed E-state index contributed by atoms with van der Waals surface area (Å²) >= 11 is 0. The largest absolute Gasteiger partial charge is 0.497 e. The average Bonchev–Trinajstić information content (AvgIpc) is 3.46. The summed E-state index contributed by atoms with van der Waals surface area (Å²) in [6.45, 7) is 6.05. The first-order valence-corrected chi connectivity index (χ1v) is 14.0. The van der Waals surface area contributed by atoms with Crippen molar-refractivity contribution in [3.63, 3.8) is 0 Å². The highest BCUT2D eigenvalue weighted by atomic mass is 16.6. The molecule has 1 aliphatic heterocycles. The first kappa shape index (κ1) is 29.6. The van der Waals surface area contributed by atoms with Gasteiger partial charge in [0, 0.05) is 19.0 Å². The first-order chi connectivity index (χ1) is 19.7. The zero-order valence-electron chi connectivity index (χ0n) is 24.1. The third-order valence-electron chi connectivity index (χ3n) is 7.03. The molecule has 3 aromatic rings. The van der Waals surface area contributed by atoms with Gasteiger partial charge in [-0.05, 0) is 62.4 Å². The van der Waals surface area contributed by atoms with E-state index < -0.39 is 29.7 Å². The van der Waals surface area contributed by atoms with Crippen LogP contribution in [-0.2, 0) is 20.9 Å². The van der Waals surface area contributed by atoms with Crippen LogP contribution in [0.4, 0.5) is 4.79 Å². The average molecular weight is 558 g/mol. The minimum absolute atomic E-state index is 0.231. The Morgan fingerprint density at radius 1 is 0.927 bits per heavy atom. The second-order valence-corrected chi connectivity index (χ2v) is 11.2. The first-order valence-electron chi connectivity index (χ1n) is 14.0. The summed E-state index contributed by atoms with van der Waals surface area (Å²) in [6.07, 6.45) is 0.533. The van der Waals surface area contributed by atoms with Crippen LogP contribution >= 0.6 is 0 Å². The molecule has 8 nitrogen and oxygen atoms in total. The highest BCUT2D eigenvalue weighted by Crippen LogP contribution is 2.31. The molecule has 0 unspecified atom stereocenters. The van der Waals surface area contributed by atoms with Crippen molar-refractivity contribution < 1.29 is 23.9 Å². The zero-order chi connectivity index (χ0) is 29.4. The van der Waals surface area contributed by atoms with E-state index in [0.29, 0.717) is 31.7 Å². The molecule has 3 aromatic carbocycles. The van der Waals surface area contributed by atoms with Crippen molar-refractivity contribution in [2.24, 2.45) is 0 Å². The van der Waals surface area contributed by atoms with Crippen molar-refractivity contribution >= 4 is 17.9 Å². The van der Waals surface area contributed by atoms with E-state index in [0.717, 1.165) is 16.7 Å². The lowest BCUT2D eigenvalue weighted by Gasteiger charge is -2.34. The fourth-order valence-electron chi connectivity index (χ4n) is 5.19. The second-order valence-electron chi connectivity index (χ2n) is 11.2. The molecule has 1 fully saturated rings. The van der Waals surface area contributed by atoms with Gasteiger partial charge in [0.15, 0.2) is 0 Å². The molecular weight excluding hydrogens is 518 g/mol. The predicted octanol–water partition coefficient (Wildman–Crippen LogP) is 5.03. The smallest absolute Gasteiger partial charge is 0.408 e. The van der Waals surface area contributed by atoms with Gasteiger partial charge in [0.1, 0.15) is 23.4 Å². The monoisotopic (exact) mass is 557 g/mol. The number of nitrogens with one attached hydrogen (secondary N) is 2. The molecular formula is C33H39N3O5. The molecule has 1 aliphatic rings. The topological polar surface area (TPSA) is 97.0 Å². The fraction of sp³-hybridized carbons (Fsp3) is 0.364. The van der Waals surface area contributed by atoms with Crippen LogP contribution in [0.25, 0.3) is 0 Å². The Balaban J connectivity index is 1.62. The van der Waals surface area contributed by atoms with Crippen LogP contribution in [0.5, 0.6) is 5.75 Å². The summed E-state index contributed by atoms with van der Waals surface area (Å²) in [5.74, 6) is -0.352. The molecule has 8 heteroatoms. The second kappa shape index (κ2) is 13.4. The highest BCUT2D eigenvalue weighted by molar-refractivity contribution is 5.93. The Labute approximate surface area is 242 Å². The van der Waals surface area contributed by atoms with Crippen molar-refractivity contribution in [2.75, 3.05) is 13.7 Å². The van der Waals surface area contributed by atoms with Crippen molar-refractivity contribution in [2.45, 2.75) is 63.8 Å². The molecule has 3 amide bonds. The van der Waals surface area contributed by atoms with Gasteiger partial charge in [-0.1, -0.05) is 72.8 Å². The van der Waals surface area contributed by atoms with E-state index in [1.165, 1.54) is 0 Å². The number of rotatable bonds is 9. The number of hydrogen-bond acceptors (Lipinski definition) is 5. The zero-order valence-corrected chi connectivity index (χ0v) is 24.1. The normalized spacial score (nSPS) is 15.7. The Hall–Kier alpha value is -4.33. The van der Waals surface area contributed by atoms with Crippen LogP contribution in [0.2, 0.25) is 0 Å². The summed E-state index contributed by atoms with van der Waals surface area (Å²) < 4.78 is 10.9. The molecule has 0 saturated carbocycles. The van der Waals surface area contributed by atoms with Crippen LogP contribution in [0.3, 0.4) is 0 Å². The van der Waals surface area contributed by atoms with E-state index in [1.807, 2.05) is 84.9 Å². The number of benzene rings is 3. The maximum Gasteiger partial charge on any atom is 0.408 e. The summed E-state index contributed by atoms with van der Waals surface area (Å²) in [7, 11) is 1.60. The minimum Gasteiger partial charge on any atom is -0.497 e. The number of carbonyl (C=O) groups excluding carboxylic acids is 3. The van der Waals surface area contributed by atoms with Gasteiger partial charge in [-0.15, -0.1) is 0 Å². The third kappa shape index (κ3) is 7.87.